The summed E-state index contributed by atoms with van der Waals surface area (Å²) in [6.07, 6.45) is 4.95. The van der Waals surface area contributed by atoms with Crippen LogP contribution in [0.5, 0.6) is 0 Å². The summed E-state index contributed by atoms with van der Waals surface area (Å²) >= 11 is 0. The van der Waals surface area contributed by atoms with Crippen molar-refractivity contribution < 1.29 is 11.0 Å². The maximum absolute atomic E-state index is 13.3. The number of anilines is 1. The van der Waals surface area contributed by atoms with Crippen molar-refractivity contribution >= 4 is 11.7 Å². The fraction of sp³-hybridized carbons (Fsp3) is 0.593. The molecule has 2 fully saturated rings. The normalized spacial score (nSPS) is 20.0. The highest BCUT2D eigenvalue weighted by molar-refractivity contribution is 5.94. The molecule has 34 heavy (non-hydrogen) atoms. The van der Waals surface area contributed by atoms with E-state index in [1.54, 1.807) is 7.11 Å². The fourth-order valence-corrected chi connectivity index (χ4v) is 5.01. The first kappa shape index (κ1) is 24.6. The lowest BCUT2D eigenvalue weighted by atomic mass is 9.87. The Balaban J connectivity index is 0.00000342. The molecule has 1 amide bonds. The highest BCUT2D eigenvalue weighted by atomic mass is 16.5. The molecule has 7 heteroatoms. The summed E-state index contributed by atoms with van der Waals surface area (Å²) < 4.78 is 5.51. The van der Waals surface area contributed by atoms with Gasteiger partial charge in [-0.15, -0.1) is 0 Å². The van der Waals surface area contributed by atoms with E-state index in [0.717, 1.165) is 56.8 Å². The number of likely N-dealkylation sites (tertiary alicyclic amines) is 2. The minimum absolute atomic E-state index is 0. The van der Waals surface area contributed by atoms with Gasteiger partial charge in [-0.2, -0.15) is 0 Å². The number of piperidine rings is 1. The van der Waals surface area contributed by atoms with E-state index in [1.807, 2.05) is 11.8 Å². The number of nitrogens with zero attached hydrogens (tertiary/aromatic N) is 4. The first-order chi connectivity index (χ1) is 16.3. The largest absolute Gasteiger partial charge is 0.380 e. The number of rotatable bonds is 6. The molecule has 2 aromatic rings. The summed E-state index contributed by atoms with van der Waals surface area (Å²) in [7, 11) is 1.80. The molecule has 2 saturated heterocycles. The maximum Gasteiger partial charge on any atom is 0.272 e. The third-order valence-corrected chi connectivity index (χ3v) is 7.34. The van der Waals surface area contributed by atoms with Crippen molar-refractivity contribution in [1.29, 1.82) is 0 Å². The molecule has 2 aliphatic rings. The Morgan fingerprint density at radius 2 is 1.82 bits per heavy atom. The molecule has 1 aromatic heterocycles. The van der Waals surface area contributed by atoms with Gasteiger partial charge < -0.3 is 15.0 Å². The first-order valence-corrected chi connectivity index (χ1v) is 12.5. The summed E-state index contributed by atoms with van der Waals surface area (Å²) in [4.78, 5) is 26.5. The van der Waals surface area contributed by atoms with Crippen LogP contribution in [0.4, 0.5) is 5.82 Å². The van der Waals surface area contributed by atoms with Crippen LogP contribution in [0.1, 0.15) is 68.6 Å². The number of aromatic nitrogens is 2. The van der Waals surface area contributed by atoms with Crippen molar-refractivity contribution in [3.63, 3.8) is 0 Å². The van der Waals surface area contributed by atoms with Crippen LogP contribution in [-0.4, -0.2) is 71.1 Å². The minimum atomic E-state index is 0. The Bertz CT molecular complexity index is 984. The molecule has 4 rings (SSSR count). The van der Waals surface area contributed by atoms with E-state index < -0.39 is 0 Å². The second-order valence-electron chi connectivity index (χ2n) is 10.7. The van der Waals surface area contributed by atoms with Crippen molar-refractivity contribution in [2.45, 2.75) is 71.1 Å². The van der Waals surface area contributed by atoms with Crippen molar-refractivity contribution in [2.75, 3.05) is 38.6 Å². The molecule has 1 N–H and O–H groups in total. The maximum atomic E-state index is 13.3. The first-order valence-electron chi connectivity index (χ1n) is 12.5. The van der Waals surface area contributed by atoms with Crippen molar-refractivity contribution in [2.24, 2.45) is 0 Å². The van der Waals surface area contributed by atoms with E-state index in [1.165, 1.54) is 17.5 Å². The zero-order valence-electron chi connectivity index (χ0n) is 21.3. The number of benzene rings is 1. The van der Waals surface area contributed by atoms with E-state index in [2.05, 4.69) is 65.2 Å². The van der Waals surface area contributed by atoms with Gasteiger partial charge in [-0.3, -0.25) is 9.69 Å². The van der Waals surface area contributed by atoms with Gasteiger partial charge in [0.1, 0.15) is 17.8 Å². The number of amides is 1. The second kappa shape index (κ2) is 10.4. The predicted octanol–water partition coefficient (Wildman–Crippen LogP) is 4.27. The van der Waals surface area contributed by atoms with Gasteiger partial charge in [0.05, 0.1) is 6.10 Å². The van der Waals surface area contributed by atoms with Gasteiger partial charge in [-0.25, -0.2) is 9.97 Å². The zero-order valence-corrected chi connectivity index (χ0v) is 21.3. The molecule has 1 atom stereocenters. The molecule has 3 heterocycles. The Labute approximate surface area is 205 Å². The van der Waals surface area contributed by atoms with Gasteiger partial charge in [0.15, 0.2) is 0 Å². The van der Waals surface area contributed by atoms with Crippen LogP contribution in [0.3, 0.4) is 0 Å². The molecule has 1 aromatic carbocycles. The number of nitrogens with one attached hydrogen (secondary N) is 1. The number of carbonyl (C=O) groups is 1. The van der Waals surface area contributed by atoms with Crippen LogP contribution >= 0.6 is 0 Å². The molecule has 0 aliphatic carbocycles. The summed E-state index contributed by atoms with van der Waals surface area (Å²) in [6.45, 7) is 12.9. The lowest BCUT2D eigenvalue weighted by Crippen LogP contribution is -2.46. The summed E-state index contributed by atoms with van der Waals surface area (Å²) in [5.41, 5.74) is 3.94. The van der Waals surface area contributed by atoms with Crippen molar-refractivity contribution in [3.8, 4) is 0 Å². The van der Waals surface area contributed by atoms with Gasteiger partial charge in [0.25, 0.3) is 5.91 Å². The van der Waals surface area contributed by atoms with E-state index in [-0.39, 0.29) is 12.7 Å². The molecule has 7 nitrogen and oxygen atoms in total. The van der Waals surface area contributed by atoms with Gasteiger partial charge in [0, 0.05) is 52.9 Å². The fourth-order valence-electron chi connectivity index (χ4n) is 5.01. The molecular weight excluding hydrogens is 426 g/mol. The van der Waals surface area contributed by atoms with Crippen molar-refractivity contribution in [1.82, 2.24) is 19.8 Å². The van der Waals surface area contributed by atoms with Gasteiger partial charge in [-0.1, -0.05) is 45.0 Å². The SMILES string of the molecule is CO[C@H]1CCN(C2CCN(C(=O)c3ncnc(NCc4ccc(C(C)(C)C)cc4)c3C)CC2)C1.[HH]. The van der Waals surface area contributed by atoms with Crippen LogP contribution in [0.15, 0.2) is 30.6 Å². The molecule has 0 spiro atoms. The third-order valence-electron chi connectivity index (χ3n) is 7.34. The lowest BCUT2D eigenvalue weighted by molar-refractivity contribution is 0.0597. The summed E-state index contributed by atoms with van der Waals surface area (Å²) in [5, 5.41) is 3.40. The number of hydrogen-bond donors (Lipinski definition) is 1. The minimum Gasteiger partial charge on any atom is -0.380 e. The number of hydrogen-bond acceptors (Lipinski definition) is 6. The van der Waals surface area contributed by atoms with E-state index in [9.17, 15) is 4.79 Å². The standard InChI is InChI=1S/C27H39N5O2.H2/c1-19-24(26(33)31-13-10-22(11-14-31)32-15-12-23(17-32)34-5)29-18-30-25(19)28-16-20-6-8-21(9-7-20)27(2,3)4;/h6-9,18,22-23H,10-17H2,1-5H3,(H,28,29,30);1H/t23-;/m0./s1. The van der Waals surface area contributed by atoms with Crippen LogP contribution in [-0.2, 0) is 16.7 Å². The van der Waals surface area contributed by atoms with Crippen LogP contribution in [0, 0.1) is 6.92 Å². The van der Waals surface area contributed by atoms with Gasteiger partial charge in [0.2, 0.25) is 0 Å². The molecule has 2 aliphatic heterocycles. The lowest BCUT2D eigenvalue weighted by Gasteiger charge is -2.36. The second-order valence-corrected chi connectivity index (χ2v) is 10.7. The predicted molar refractivity (Wildman–Crippen MR) is 137 cm³/mol. The average molecular weight is 468 g/mol. The van der Waals surface area contributed by atoms with Gasteiger partial charge in [-0.05, 0) is 42.7 Å². The topological polar surface area (TPSA) is 70.6 Å². The Kier molecular flexibility index (Phi) is 7.53. The Morgan fingerprint density at radius 3 is 2.44 bits per heavy atom. The molecular formula is C27H41N5O2. The Hall–Kier alpha value is -2.51. The summed E-state index contributed by atoms with van der Waals surface area (Å²) in [6, 6.07) is 9.20. The molecule has 186 valence electrons. The number of carbonyl (C=O) groups excluding carboxylic acids is 1. The third kappa shape index (κ3) is 5.58. The Morgan fingerprint density at radius 1 is 1.12 bits per heavy atom. The van der Waals surface area contributed by atoms with Crippen LogP contribution in [0.2, 0.25) is 0 Å². The average Bonchev–Trinajstić information content (AvgIpc) is 3.32. The quantitative estimate of drug-likeness (QED) is 0.684. The van der Waals surface area contributed by atoms with Crippen LogP contribution < -0.4 is 5.32 Å². The molecule has 0 bridgehead atoms. The molecule has 0 radical (unpaired) electrons. The number of methoxy groups -OCH3 is 1. The van der Waals surface area contributed by atoms with E-state index in [4.69, 9.17) is 4.74 Å². The smallest absolute Gasteiger partial charge is 0.272 e. The van der Waals surface area contributed by atoms with Crippen LogP contribution in [0.25, 0.3) is 0 Å². The zero-order chi connectivity index (χ0) is 24.3. The van der Waals surface area contributed by atoms with Gasteiger partial charge >= 0.3 is 0 Å². The monoisotopic (exact) mass is 467 g/mol. The highest BCUT2D eigenvalue weighted by Gasteiger charge is 2.32. The van der Waals surface area contributed by atoms with E-state index in [0.29, 0.717) is 24.4 Å². The highest BCUT2D eigenvalue weighted by Crippen LogP contribution is 2.25. The number of ether oxygens (including phenoxy) is 1. The molecule has 0 unspecified atom stereocenters. The van der Waals surface area contributed by atoms with E-state index >= 15 is 0 Å². The molecule has 0 saturated carbocycles. The summed E-state index contributed by atoms with van der Waals surface area (Å²) in [5.74, 6) is 0.725. The van der Waals surface area contributed by atoms with Crippen molar-refractivity contribution in [3.05, 3.63) is 53.0 Å².